The lowest BCUT2D eigenvalue weighted by Crippen LogP contribution is -2.51. The number of oxime groups is 1. The highest BCUT2D eigenvalue weighted by atomic mass is 19.1. The molecule has 0 radical (unpaired) electrons. The Labute approximate surface area is 168 Å². The molecule has 0 aromatic heterocycles. The van der Waals surface area contributed by atoms with Crippen molar-refractivity contribution < 1.29 is 18.8 Å². The molecule has 4 rings (SSSR count). The zero-order valence-corrected chi connectivity index (χ0v) is 15.8. The number of halogens is 1. The number of amides is 2. The monoisotopic (exact) mass is 395 g/mol. The topological polar surface area (TPSA) is 79.8 Å². The summed E-state index contributed by atoms with van der Waals surface area (Å²) in [6, 6.07) is 15.2. The summed E-state index contributed by atoms with van der Waals surface area (Å²) in [5.41, 5.74) is 1.64. The van der Waals surface area contributed by atoms with Gasteiger partial charge in [0.2, 0.25) is 12.0 Å². The second-order valence-electron chi connectivity index (χ2n) is 7.35. The lowest BCUT2D eigenvalue weighted by atomic mass is 10.0. The molecule has 6 nitrogen and oxygen atoms in total. The molecule has 1 saturated carbocycles. The number of hydrogen-bond acceptors (Lipinski definition) is 4. The number of carbonyl (C=O) groups excluding carboxylic acids is 2. The van der Waals surface area contributed by atoms with E-state index in [9.17, 15) is 14.0 Å². The van der Waals surface area contributed by atoms with Crippen molar-refractivity contribution in [3.05, 3.63) is 71.5 Å². The van der Waals surface area contributed by atoms with Crippen LogP contribution in [-0.4, -0.2) is 35.7 Å². The van der Waals surface area contributed by atoms with Gasteiger partial charge < -0.3 is 15.5 Å². The van der Waals surface area contributed by atoms with Crippen LogP contribution in [0.25, 0.3) is 0 Å². The molecule has 150 valence electrons. The van der Waals surface area contributed by atoms with Crippen molar-refractivity contribution in [2.24, 2.45) is 5.16 Å². The normalized spacial score (nSPS) is 19.1. The van der Waals surface area contributed by atoms with E-state index in [1.165, 1.54) is 6.07 Å². The summed E-state index contributed by atoms with van der Waals surface area (Å²) in [6.45, 7) is 0. The predicted octanol–water partition coefficient (Wildman–Crippen LogP) is 2.32. The molecule has 1 aliphatic heterocycles. The second-order valence-corrected chi connectivity index (χ2v) is 7.35. The molecule has 7 heteroatoms. The summed E-state index contributed by atoms with van der Waals surface area (Å²) in [7, 11) is 0. The molecule has 2 unspecified atom stereocenters. The SMILES string of the molecule is O=C(NC1CC1)C(Cc1ccccc1)NC(=O)C1CC(c2ccccc2F)=NO1. The van der Waals surface area contributed by atoms with E-state index in [1.807, 2.05) is 30.3 Å². The molecular formula is C22H22FN3O3. The van der Waals surface area contributed by atoms with Crippen molar-refractivity contribution in [3.8, 4) is 0 Å². The lowest BCUT2D eigenvalue weighted by Gasteiger charge is -2.20. The number of carbonyl (C=O) groups is 2. The molecule has 2 aromatic rings. The van der Waals surface area contributed by atoms with Crippen LogP contribution in [0.5, 0.6) is 0 Å². The van der Waals surface area contributed by atoms with E-state index in [2.05, 4.69) is 15.8 Å². The van der Waals surface area contributed by atoms with Crippen LogP contribution in [0.3, 0.4) is 0 Å². The molecule has 29 heavy (non-hydrogen) atoms. The van der Waals surface area contributed by atoms with Crippen LogP contribution < -0.4 is 10.6 Å². The Morgan fingerprint density at radius 1 is 1.10 bits per heavy atom. The van der Waals surface area contributed by atoms with Crippen LogP contribution in [-0.2, 0) is 20.8 Å². The molecule has 2 aliphatic rings. The van der Waals surface area contributed by atoms with Crippen LogP contribution in [0.2, 0.25) is 0 Å². The van der Waals surface area contributed by atoms with Gasteiger partial charge in [-0.2, -0.15) is 0 Å². The van der Waals surface area contributed by atoms with Gasteiger partial charge in [-0.05, 0) is 24.5 Å². The third-order valence-electron chi connectivity index (χ3n) is 4.99. The first-order chi connectivity index (χ1) is 14.1. The van der Waals surface area contributed by atoms with Gasteiger partial charge >= 0.3 is 0 Å². The average molecular weight is 395 g/mol. The fourth-order valence-corrected chi connectivity index (χ4v) is 3.23. The molecule has 0 bridgehead atoms. The van der Waals surface area contributed by atoms with Crippen molar-refractivity contribution in [2.75, 3.05) is 0 Å². The van der Waals surface area contributed by atoms with Gasteiger partial charge in [-0.25, -0.2) is 4.39 Å². The molecule has 0 spiro atoms. The first-order valence-corrected chi connectivity index (χ1v) is 9.72. The highest BCUT2D eigenvalue weighted by Crippen LogP contribution is 2.21. The van der Waals surface area contributed by atoms with Gasteiger partial charge in [0.15, 0.2) is 0 Å². The summed E-state index contributed by atoms with van der Waals surface area (Å²) >= 11 is 0. The van der Waals surface area contributed by atoms with E-state index < -0.39 is 23.9 Å². The maximum Gasteiger partial charge on any atom is 0.265 e. The Hall–Kier alpha value is -3.22. The Bertz CT molecular complexity index is 928. The summed E-state index contributed by atoms with van der Waals surface area (Å²) in [5, 5.41) is 9.60. The minimum atomic E-state index is -0.892. The highest BCUT2D eigenvalue weighted by Gasteiger charge is 2.34. The van der Waals surface area contributed by atoms with Crippen LogP contribution >= 0.6 is 0 Å². The number of hydrogen-bond donors (Lipinski definition) is 2. The molecule has 1 aliphatic carbocycles. The molecule has 2 aromatic carbocycles. The number of nitrogens with one attached hydrogen (secondary N) is 2. The van der Waals surface area contributed by atoms with E-state index in [1.54, 1.807) is 18.2 Å². The summed E-state index contributed by atoms with van der Waals surface area (Å²) < 4.78 is 14.0. The van der Waals surface area contributed by atoms with Gasteiger partial charge in [0, 0.05) is 24.4 Å². The third kappa shape index (κ3) is 4.80. The fraction of sp³-hybridized carbons (Fsp3) is 0.318. The molecule has 2 amide bonds. The Kier molecular flexibility index (Phi) is 5.55. The summed E-state index contributed by atoms with van der Waals surface area (Å²) in [5.74, 6) is -1.06. The van der Waals surface area contributed by atoms with Gasteiger partial charge in [0.25, 0.3) is 5.91 Å². The van der Waals surface area contributed by atoms with E-state index in [-0.39, 0.29) is 18.4 Å². The lowest BCUT2D eigenvalue weighted by molar-refractivity contribution is -0.135. The number of benzene rings is 2. The Morgan fingerprint density at radius 3 is 2.55 bits per heavy atom. The van der Waals surface area contributed by atoms with Crippen LogP contribution in [0.15, 0.2) is 59.8 Å². The first-order valence-electron chi connectivity index (χ1n) is 9.72. The second kappa shape index (κ2) is 8.43. The summed E-state index contributed by atoms with van der Waals surface area (Å²) in [6.07, 6.45) is 1.55. The predicted molar refractivity (Wildman–Crippen MR) is 106 cm³/mol. The average Bonchev–Trinajstić information content (AvgIpc) is 3.40. The summed E-state index contributed by atoms with van der Waals surface area (Å²) in [4.78, 5) is 30.6. The van der Waals surface area contributed by atoms with Crippen molar-refractivity contribution in [1.29, 1.82) is 0 Å². The molecule has 1 fully saturated rings. The van der Waals surface area contributed by atoms with Gasteiger partial charge in [-0.3, -0.25) is 9.59 Å². The number of rotatable bonds is 7. The van der Waals surface area contributed by atoms with E-state index in [0.717, 1.165) is 18.4 Å². The van der Waals surface area contributed by atoms with Crippen molar-refractivity contribution in [1.82, 2.24) is 10.6 Å². The quantitative estimate of drug-likeness (QED) is 0.755. The third-order valence-corrected chi connectivity index (χ3v) is 4.99. The van der Waals surface area contributed by atoms with E-state index in [4.69, 9.17) is 4.84 Å². The van der Waals surface area contributed by atoms with Crippen molar-refractivity contribution in [2.45, 2.75) is 43.9 Å². The van der Waals surface area contributed by atoms with Crippen LogP contribution in [0, 0.1) is 5.82 Å². The van der Waals surface area contributed by atoms with Gasteiger partial charge in [0.1, 0.15) is 11.9 Å². The van der Waals surface area contributed by atoms with Crippen LogP contribution in [0.4, 0.5) is 4.39 Å². The zero-order chi connectivity index (χ0) is 20.2. The van der Waals surface area contributed by atoms with E-state index >= 15 is 0 Å². The Morgan fingerprint density at radius 2 is 1.83 bits per heavy atom. The van der Waals surface area contributed by atoms with Crippen LogP contribution in [0.1, 0.15) is 30.4 Å². The fourth-order valence-electron chi connectivity index (χ4n) is 3.23. The maximum atomic E-state index is 14.0. The number of nitrogens with zero attached hydrogens (tertiary/aromatic N) is 1. The van der Waals surface area contributed by atoms with Gasteiger partial charge in [-0.1, -0.05) is 53.7 Å². The van der Waals surface area contributed by atoms with E-state index in [0.29, 0.717) is 17.7 Å². The molecule has 0 saturated heterocycles. The Balaban J connectivity index is 1.41. The molecule has 1 heterocycles. The van der Waals surface area contributed by atoms with Gasteiger partial charge in [0.05, 0.1) is 5.71 Å². The molecule has 2 atom stereocenters. The zero-order valence-electron chi connectivity index (χ0n) is 15.8. The first kappa shape index (κ1) is 19.1. The standard InChI is InChI=1S/C22H22FN3O3/c23-17-9-5-4-8-16(17)18-13-20(29-26-18)22(28)25-19(21(27)24-15-10-11-15)12-14-6-2-1-3-7-14/h1-9,15,19-20H,10-13H2,(H,24,27)(H,25,28). The van der Waals surface area contributed by atoms with Gasteiger partial charge in [-0.15, -0.1) is 0 Å². The largest absolute Gasteiger partial charge is 0.382 e. The molecular weight excluding hydrogens is 373 g/mol. The molecule has 2 N–H and O–H groups in total. The minimum absolute atomic E-state index is 0.148. The smallest absolute Gasteiger partial charge is 0.265 e. The highest BCUT2D eigenvalue weighted by molar-refractivity contribution is 6.04. The van der Waals surface area contributed by atoms with Crippen molar-refractivity contribution >= 4 is 17.5 Å². The van der Waals surface area contributed by atoms with Crippen molar-refractivity contribution in [3.63, 3.8) is 0 Å². The minimum Gasteiger partial charge on any atom is -0.382 e. The maximum absolute atomic E-state index is 14.0.